The summed E-state index contributed by atoms with van der Waals surface area (Å²) in [6.07, 6.45) is 7.27. The fraction of sp³-hybridized carbons (Fsp3) is 0.632. The van der Waals surface area contributed by atoms with Gasteiger partial charge in [0.15, 0.2) is 5.78 Å². The van der Waals surface area contributed by atoms with Crippen molar-refractivity contribution in [2.45, 2.75) is 52.4 Å². The quantitative estimate of drug-likeness (QED) is 0.727. The van der Waals surface area contributed by atoms with Crippen molar-refractivity contribution in [3.63, 3.8) is 0 Å². The molecule has 0 atom stereocenters. The summed E-state index contributed by atoms with van der Waals surface area (Å²) in [5.74, 6) is 2.15. The molecule has 0 saturated heterocycles. The topological polar surface area (TPSA) is 38.3 Å². The van der Waals surface area contributed by atoms with Gasteiger partial charge in [-0.05, 0) is 42.9 Å². The second-order valence-corrected chi connectivity index (χ2v) is 6.82. The van der Waals surface area contributed by atoms with Crippen molar-refractivity contribution in [3.8, 4) is 5.75 Å². The molecular formula is C19H29NO2. The van der Waals surface area contributed by atoms with E-state index in [2.05, 4.69) is 19.2 Å². The Bertz CT molecular complexity index is 490. The molecule has 0 amide bonds. The number of rotatable bonds is 7. The van der Waals surface area contributed by atoms with Crippen LogP contribution in [0.2, 0.25) is 0 Å². The lowest BCUT2D eigenvalue weighted by Gasteiger charge is -2.23. The molecule has 1 fully saturated rings. The lowest BCUT2D eigenvalue weighted by molar-refractivity contribution is 0.0968. The number of nitrogens with one attached hydrogen (secondary N) is 1. The highest BCUT2D eigenvalue weighted by molar-refractivity contribution is 5.97. The highest BCUT2D eigenvalue weighted by Crippen LogP contribution is 2.29. The minimum atomic E-state index is 0.207. The van der Waals surface area contributed by atoms with E-state index in [-0.39, 0.29) is 5.78 Å². The first kappa shape index (κ1) is 16.9. The van der Waals surface area contributed by atoms with Gasteiger partial charge in [0.2, 0.25) is 0 Å². The predicted octanol–water partition coefficient (Wildman–Crippen LogP) is 4.92. The zero-order valence-electron chi connectivity index (χ0n) is 14.2. The Morgan fingerprint density at radius 2 is 2.00 bits per heavy atom. The fourth-order valence-corrected chi connectivity index (χ4v) is 3.15. The third-order valence-corrected chi connectivity index (χ3v) is 4.42. The van der Waals surface area contributed by atoms with Gasteiger partial charge in [-0.1, -0.05) is 33.1 Å². The number of carbonyl (C=O) groups is 1. The Labute approximate surface area is 134 Å². The summed E-state index contributed by atoms with van der Waals surface area (Å²) in [4.78, 5) is 12.2. The molecule has 1 aromatic rings. The van der Waals surface area contributed by atoms with E-state index in [0.29, 0.717) is 12.3 Å². The van der Waals surface area contributed by atoms with E-state index in [9.17, 15) is 4.79 Å². The molecule has 0 aromatic heterocycles. The van der Waals surface area contributed by atoms with Crippen molar-refractivity contribution in [1.29, 1.82) is 0 Å². The lowest BCUT2D eigenvalue weighted by atomic mass is 9.89. The van der Waals surface area contributed by atoms with Crippen LogP contribution in [0.15, 0.2) is 18.2 Å². The minimum absolute atomic E-state index is 0.207. The van der Waals surface area contributed by atoms with Crippen molar-refractivity contribution in [2.75, 3.05) is 19.0 Å². The number of benzene rings is 1. The Morgan fingerprint density at radius 1 is 1.27 bits per heavy atom. The van der Waals surface area contributed by atoms with Gasteiger partial charge in [-0.25, -0.2) is 0 Å². The molecule has 0 bridgehead atoms. The van der Waals surface area contributed by atoms with Gasteiger partial charge in [0.25, 0.3) is 0 Å². The van der Waals surface area contributed by atoms with Crippen molar-refractivity contribution in [3.05, 3.63) is 23.8 Å². The zero-order chi connectivity index (χ0) is 15.9. The molecule has 3 nitrogen and oxygen atoms in total. The van der Waals surface area contributed by atoms with Crippen LogP contribution in [0, 0.1) is 11.8 Å². The van der Waals surface area contributed by atoms with Crippen LogP contribution < -0.4 is 10.1 Å². The molecule has 1 aromatic carbocycles. The number of ketones is 1. The van der Waals surface area contributed by atoms with E-state index < -0.39 is 0 Å². The lowest BCUT2D eigenvalue weighted by Crippen LogP contribution is -2.17. The molecule has 122 valence electrons. The molecule has 1 aliphatic rings. The molecule has 0 heterocycles. The van der Waals surface area contributed by atoms with E-state index in [1.165, 1.54) is 32.1 Å². The molecule has 0 radical (unpaired) electrons. The van der Waals surface area contributed by atoms with E-state index in [4.69, 9.17) is 4.74 Å². The first-order chi connectivity index (χ1) is 10.6. The molecule has 0 unspecified atom stereocenters. The Kier molecular flexibility index (Phi) is 6.29. The highest BCUT2D eigenvalue weighted by atomic mass is 16.5. The standard InChI is InChI=1S/C19H29NO2/c1-14(2)11-18(21)16-9-10-19(22-3)17(12-16)20-13-15-7-5-4-6-8-15/h9-10,12,14-15,20H,4-8,11,13H2,1-3H3. The number of Topliss-reactive ketones (excluding diaryl/α,β-unsaturated/α-hetero) is 1. The van der Waals surface area contributed by atoms with Gasteiger partial charge in [-0.15, -0.1) is 0 Å². The number of anilines is 1. The van der Waals surface area contributed by atoms with Crippen LogP contribution in [0.5, 0.6) is 5.75 Å². The maximum absolute atomic E-state index is 12.2. The van der Waals surface area contributed by atoms with Crippen LogP contribution in [-0.4, -0.2) is 19.4 Å². The smallest absolute Gasteiger partial charge is 0.163 e. The van der Waals surface area contributed by atoms with Crippen LogP contribution in [0.4, 0.5) is 5.69 Å². The second-order valence-electron chi connectivity index (χ2n) is 6.82. The molecule has 1 aliphatic carbocycles. The molecule has 1 saturated carbocycles. The van der Waals surface area contributed by atoms with Crippen LogP contribution in [0.1, 0.15) is 62.7 Å². The van der Waals surface area contributed by atoms with Gasteiger partial charge in [0.05, 0.1) is 12.8 Å². The molecule has 0 spiro atoms. The summed E-state index contributed by atoms with van der Waals surface area (Å²) in [7, 11) is 1.68. The number of ether oxygens (including phenoxy) is 1. The summed E-state index contributed by atoms with van der Waals surface area (Å²) in [5, 5.41) is 3.51. The average molecular weight is 303 g/mol. The molecule has 22 heavy (non-hydrogen) atoms. The summed E-state index contributed by atoms with van der Waals surface area (Å²) in [6, 6.07) is 5.72. The van der Waals surface area contributed by atoms with Gasteiger partial charge in [-0.3, -0.25) is 4.79 Å². The normalized spacial score (nSPS) is 15.8. The first-order valence-corrected chi connectivity index (χ1v) is 8.55. The largest absolute Gasteiger partial charge is 0.495 e. The van der Waals surface area contributed by atoms with Crippen LogP contribution in [0.3, 0.4) is 0 Å². The van der Waals surface area contributed by atoms with E-state index in [0.717, 1.165) is 29.5 Å². The Balaban J connectivity index is 2.05. The maximum atomic E-state index is 12.2. The van der Waals surface area contributed by atoms with Crippen LogP contribution in [-0.2, 0) is 0 Å². The summed E-state index contributed by atoms with van der Waals surface area (Å²) < 4.78 is 5.43. The van der Waals surface area contributed by atoms with Crippen molar-refractivity contribution in [2.24, 2.45) is 11.8 Å². The molecule has 3 heteroatoms. The summed E-state index contributed by atoms with van der Waals surface area (Å²) in [6.45, 7) is 5.12. The van der Waals surface area contributed by atoms with Gasteiger partial charge < -0.3 is 10.1 Å². The Hall–Kier alpha value is -1.51. The van der Waals surface area contributed by atoms with Gasteiger partial charge in [0, 0.05) is 18.5 Å². The molecule has 0 aliphatic heterocycles. The van der Waals surface area contributed by atoms with E-state index in [1.807, 2.05) is 18.2 Å². The summed E-state index contributed by atoms with van der Waals surface area (Å²) >= 11 is 0. The maximum Gasteiger partial charge on any atom is 0.163 e. The van der Waals surface area contributed by atoms with Gasteiger partial charge in [-0.2, -0.15) is 0 Å². The highest BCUT2D eigenvalue weighted by Gasteiger charge is 2.15. The molecule has 2 rings (SSSR count). The second kappa shape index (κ2) is 8.21. The number of carbonyl (C=O) groups excluding carboxylic acids is 1. The molecular weight excluding hydrogens is 274 g/mol. The predicted molar refractivity (Wildman–Crippen MR) is 91.8 cm³/mol. The number of hydrogen-bond donors (Lipinski definition) is 1. The monoisotopic (exact) mass is 303 g/mol. The summed E-state index contributed by atoms with van der Waals surface area (Å²) in [5.41, 5.74) is 1.73. The fourth-order valence-electron chi connectivity index (χ4n) is 3.15. The number of hydrogen-bond acceptors (Lipinski definition) is 3. The molecule has 1 N–H and O–H groups in total. The van der Waals surface area contributed by atoms with Crippen molar-refractivity contribution >= 4 is 11.5 Å². The van der Waals surface area contributed by atoms with Crippen molar-refractivity contribution < 1.29 is 9.53 Å². The van der Waals surface area contributed by atoms with E-state index in [1.54, 1.807) is 7.11 Å². The minimum Gasteiger partial charge on any atom is -0.495 e. The number of methoxy groups -OCH3 is 1. The Morgan fingerprint density at radius 3 is 2.64 bits per heavy atom. The van der Waals surface area contributed by atoms with Crippen molar-refractivity contribution in [1.82, 2.24) is 0 Å². The van der Waals surface area contributed by atoms with Crippen LogP contribution >= 0.6 is 0 Å². The van der Waals surface area contributed by atoms with Gasteiger partial charge in [0.1, 0.15) is 5.75 Å². The van der Waals surface area contributed by atoms with E-state index >= 15 is 0 Å². The third-order valence-electron chi connectivity index (χ3n) is 4.42. The SMILES string of the molecule is COc1ccc(C(=O)CC(C)C)cc1NCC1CCCCC1. The van der Waals surface area contributed by atoms with Crippen LogP contribution in [0.25, 0.3) is 0 Å². The van der Waals surface area contributed by atoms with Gasteiger partial charge >= 0.3 is 0 Å². The third kappa shape index (κ3) is 4.75. The first-order valence-electron chi connectivity index (χ1n) is 8.55. The average Bonchev–Trinajstić information content (AvgIpc) is 2.53. The zero-order valence-corrected chi connectivity index (χ0v) is 14.2.